The summed E-state index contributed by atoms with van der Waals surface area (Å²) < 4.78 is 5.59. The van der Waals surface area contributed by atoms with Gasteiger partial charge in [-0.1, -0.05) is 75.7 Å². The Kier molecular flexibility index (Phi) is 8.68. The van der Waals surface area contributed by atoms with Crippen molar-refractivity contribution < 1.29 is 24.2 Å². The fourth-order valence-corrected chi connectivity index (χ4v) is 4.57. The highest BCUT2D eigenvalue weighted by molar-refractivity contribution is 5.86. The maximum Gasteiger partial charge on any atom is 0.407 e. The molecule has 3 rings (SSSR count). The Morgan fingerprint density at radius 2 is 1.56 bits per heavy atom. The molecule has 7 nitrogen and oxygen atoms in total. The summed E-state index contributed by atoms with van der Waals surface area (Å²) in [6, 6.07) is 14.9. The van der Waals surface area contributed by atoms with Crippen molar-refractivity contribution in [3.63, 3.8) is 0 Å². The molecule has 2 amide bonds. The lowest BCUT2D eigenvalue weighted by Gasteiger charge is -2.24. The van der Waals surface area contributed by atoms with E-state index in [-0.39, 0.29) is 30.8 Å². The Bertz CT molecular complexity index is 974. The second-order valence-electron chi connectivity index (χ2n) is 9.24. The van der Waals surface area contributed by atoms with E-state index in [1.165, 1.54) is 0 Å². The number of carboxylic acids is 1. The molecule has 2 aromatic rings. The largest absolute Gasteiger partial charge is 0.481 e. The first-order valence-electron chi connectivity index (χ1n) is 11.9. The van der Waals surface area contributed by atoms with Crippen LogP contribution in [0.1, 0.15) is 63.5 Å². The van der Waals surface area contributed by atoms with Crippen LogP contribution in [0.2, 0.25) is 0 Å². The molecule has 2 atom stereocenters. The number of alkyl carbamates (subject to hydrolysis) is 1. The van der Waals surface area contributed by atoms with Crippen LogP contribution in [0, 0.1) is 5.92 Å². The fraction of sp³-hybridized carbons (Fsp3) is 0.444. The molecule has 1 aliphatic carbocycles. The van der Waals surface area contributed by atoms with Crippen LogP contribution in [0.5, 0.6) is 0 Å². The Labute approximate surface area is 200 Å². The predicted molar refractivity (Wildman–Crippen MR) is 131 cm³/mol. The Morgan fingerprint density at radius 1 is 0.971 bits per heavy atom. The van der Waals surface area contributed by atoms with Crippen LogP contribution in [0.3, 0.4) is 0 Å². The number of rotatable bonds is 11. The molecular weight excluding hydrogens is 432 g/mol. The first-order valence-corrected chi connectivity index (χ1v) is 11.9. The lowest BCUT2D eigenvalue weighted by Crippen LogP contribution is -2.50. The van der Waals surface area contributed by atoms with Gasteiger partial charge in [0, 0.05) is 12.0 Å². The molecule has 0 aromatic heterocycles. The third-order valence-electron chi connectivity index (χ3n) is 6.06. The smallest absolute Gasteiger partial charge is 0.407 e. The number of benzene rings is 2. The van der Waals surface area contributed by atoms with Crippen molar-refractivity contribution in [1.29, 1.82) is 0 Å². The number of carbonyl (C=O) groups is 3. The van der Waals surface area contributed by atoms with Gasteiger partial charge in [-0.25, -0.2) is 4.79 Å². The summed E-state index contributed by atoms with van der Waals surface area (Å²) in [4.78, 5) is 36.7. The zero-order valence-electron chi connectivity index (χ0n) is 20.0. The topological polar surface area (TPSA) is 105 Å². The van der Waals surface area contributed by atoms with Gasteiger partial charge in [0.2, 0.25) is 5.91 Å². The van der Waals surface area contributed by atoms with E-state index in [1.54, 1.807) is 0 Å². The molecule has 1 unspecified atom stereocenters. The van der Waals surface area contributed by atoms with E-state index in [0.29, 0.717) is 12.8 Å². The van der Waals surface area contributed by atoms with E-state index in [9.17, 15) is 14.4 Å². The van der Waals surface area contributed by atoms with Crippen LogP contribution in [0.25, 0.3) is 11.1 Å². The normalized spacial score (nSPS) is 14.1. The lowest BCUT2D eigenvalue weighted by atomic mass is 9.98. The van der Waals surface area contributed by atoms with Gasteiger partial charge in [-0.3, -0.25) is 9.59 Å². The summed E-state index contributed by atoms with van der Waals surface area (Å²) in [5, 5.41) is 14.6. The Morgan fingerprint density at radius 3 is 2.09 bits per heavy atom. The maximum absolute atomic E-state index is 12.9. The third-order valence-corrected chi connectivity index (χ3v) is 6.06. The first kappa shape index (κ1) is 25.3. The summed E-state index contributed by atoms with van der Waals surface area (Å²) in [6.45, 7) is 6.01. The molecule has 2 aromatic carbocycles. The minimum Gasteiger partial charge on any atom is -0.481 e. The molecule has 3 N–H and O–H groups in total. The van der Waals surface area contributed by atoms with Crippen molar-refractivity contribution in [2.24, 2.45) is 5.92 Å². The van der Waals surface area contributed by atoms with Crippen molar-refractivity contribution >= 4 is 18.0 Å². The third kappa shape index (κ3) is 6.37. The highest BCUT2D eigenvalue weighted by Gasteiger charge is 2.30. The summed E-state index contributed by atoms with van der Waals surface area (Å²) in [6.07, 6.45) is 0.901. The molecule has 0 heterocycles. The molecule has 7 heteroatoms. The first-order chi connectivity index (χ1) is 16.3. The van der Waals surface area contributed by atoms with Crippen molar-refractivity contribution in [2.75, 3.05) is 6.61 Å². The van der Waals surface area contributed by atoms with Crippen molar-refractivity contribution in [1.82, 2.24) is 10.6 Å². The maximum atomic E-state index is 12.9. The predicted octanol–water partition coefficient (Wildman–Crippen LogP) is 4.70. The molecule has 34 heavy (non-hydrogen) atoms. The quantitative estimate of drug-likeness (QED) is 0.445. The van der Waals surface area contributed by atoms with E-state index in [0.717, 1.165) is 28.7 Å². The van der Waals surface area contributed by atoms with Gasteiger partial charge in [-0.2, -0.15) is 0 Å². The van der Waals surface area contributed by atoms with Crippen molar-refractivity contribution in [3.05, 3.63) is 59.7 Å². The number of nitrogens with one attached hydrogen (secondary N) is 2. The van der Waals surface area contributed by atoms with Crippen molar-refractivity contribution in [3.8, 4) is 11.1 Å². The molecule has 182 valence electrons. The highest BCUT2D eigenvalue weighted by atomic mass is 16.5. The molecule has 0 fully saturated rings. The standard InChI is InChI=1S/C27H34N2O5/c1-4-9-18(15-25(30)31)28-26(32)24(14-17(2)3)29-27(33)34-16-23-21-12-7-5-10-19(21)20-11-6-8-13-22(20)23/h5-8,10-13,17-18,23-24H,4,9,14-16H2,1-3H3,(H,28,32)(H,29,33)(H,30,31)/t18?,24-/m1/s1. The zero-order chi connectivity index (χ0) is 24.7. The van der Waals surface area contributed by atoms with Gasteiger partial charge < -0.3 is 20.5 Å². The number of aliphatic carboxylic acids is 1. The molecule has 0 aliphatic heterocycles. The van der Waals surface area contributed by atoms with Crippen LogP contribution in [-0.2, 0) is 14.3 Å². The van der Waals surface area contributed by atoms with E-state index in [1.807, 2.05) is 57.2 Å². The van der Waals surface area contributed by atoms with E-state index >= 15 is 0 Å². The van der Waals surface area contributed by atoms with E-state index < -0.39 is 24.1 Å². The number of carbonyl (C=O) groups excluding carboxylic acids is 2. The summed E-state index contributed by atoms with van der Waals surface area (Å²) in [7, 11) is 0. The number of fused-ring (bicyclic) bond motifs is 3. The van der Waals surface area contributed by atoms with Crippen molar-refractivity contribution in [2.45, 2.75) is 64.5 Å². The lowest BCUT2D eigenvalue weighted by molar-refractivity contribution is -0.137. The number of hydrogen-bond donors (Lipinski definition) is 3. The zero-order valence-corrected chi connectivity index (χ0v) is 20.0. The highest BCUT2D eigenvalue weighted by Crippen LogP contribution is 2.44. The van der Waals surface area contributed by atoms with Crippen LogP contribution in [-0.4, -0.2) is 41.8 Å². The number of ether oxygens (including phenoxy) is 1. The Hall–Kier alpha value is -3.35. The molecule has 0 radical (unpaired) electrons. The van der Waals surface area contributed by atoms with E-state index in [2.05, 4.69) is 22.8 Å². The Balaban J connectivity index is 1.65. The second-order valence-corrected chi connectivity index (χ2v) is 9.24. The molecule has 0 spiro atoms. The summed E-state index contributed by atoms with van der Waals surface area (Å²) in [5.41, 5.74) is 4.52. The summed E-state index contributed by atoms with van der Waals surface area (Å²) in [5.74, 6) is -1.28. The van der Waals surface area contributed by atoms with Gasteiger partial charge >= 0.3 is 12.1 Å². The van der Waals surface area contributed by atoms with Gasteiger partial charge in [0.05, 0.1) is 6.42 Å². The monoisotopic (exact) mass is 466 g/mol. The molecule has 0 saturated heterocycles. The fourth-order valence-electron chi connectivity index (χ4n) is 4.57. The number of hydrogen-bond acceptors (Lipinski definition) is 4. The number of carboxylic acid groups (broad SMARTS) is 1. The van der Waals surface area contributed by atoms with Crippen LogP contribution >= 0.6 is 0 Å². The summed E-state index contributed by atoms with van der Waals surface area (Å²) >= 11 is 0. The van der Waals surface area contributed by atoms with E-state index in [4.69, 9.17) is 9.84 Å². The second kappa shape index (κ2) is 11.7. The van der Waals surface area contributed by atoms with Crippen LogP contribution in [0.15, 0.2) is 48.5 Å². The van der Waals surface area contributed by atoms with Gasteiger partial charge in [0.1, 0.15) is 12.6 Å². The van der Waals surface area contributed by atoms with Crippen LogP contribution < -0.4 is 10.6 Å². The van der Waals surface area contributed by atoms with Gasteiger partial charge in [0.25, 0.3) is 0 Å². The van der Waals surface area contributed by atoms with Gasteiger partial charge in [-0.15, -0.1) is 0 Å². The molecule has 0 saturated carbocycles. The molecule has 1 aliphatic rings. The van der Waals surface area contributed by atoms with Gasteiger partial charge in [-0.05, 0) is 41.0 Å². The van der Waals surface area contributed by atoms with Gasteiger partial charge in [0.15, 0.2) is 0 Å². The molecular formula is C27H34N2O5. The number of amides is 2. The average molecular weight is 467 g/mol. The minimum atomic E-state index is -0.969. The average Bonchev–Trinajstić information content (AvgIpc) is 3.10. The molecule has 0 bridgehead atoms. The minimum absolute atomic E-state index is 0.0694. The SMILES string of the molecule is CCCC(CC(=O)O)NC(=O)[C@@H](CC(C)C)NC(=O)OCC1c2ccccc2-c2ccccc21. The van der Waals surface area contributed by atoms with Crippen LogP contribution in [0.4, 0.5) is 4.79 Å².